The van der Waals surface area contributed by atoms with Crippen LogP contribution in [0.3, 0.4) is 0 Å². The fourth-order valence-corrected chi connectivity index (χ4v) is 1.99. The van der Waals surface area contributed by atoms with Gasteiger partial charge in [-0.3, -0.25) is 0 Å². The van der Waals surface area contributed by atoms with E-state index in [1.807, 2.05) is 23.7 Å². The minimum atomic E-state index is 0.292. The van der Waals surface area contributed by atoms with E-state index in [0.29, 0.717) is 11.7 Å². The molecule has 0 bridgehead atoms. The maximum absolute atomic E-state index is 9.27. The van der Waals surface area contributed by atoms with E-state index >= 15 is 0 Å². The van der Waals surface area contributed by atoms with Crippen molar-refractivity contribution in [2.24, 2.45) is 0 Å². The highest BCUT2D eigenvalue weighted by molar-refractivity contribution is 5.39. The van der Waals surface area contributed by atoms with Gasteiger partial charge < -0.3 is 5.11 Å². The van der Waals surface area contributed by atoms with E-state index in [9.17, 15) is 5.11 Å². The van der Waals surface area contributed by atoms with E-state index in [0.717, 1.165) is 11.4 Å². The van der Waals surface area contributed by atoms with E-state index in [1.54, 1.807) is 12.1 Å². The summed E-state index contributed by atoms with van der Waals surface area (Å²) in [6.07, 6.45) is 2.53. The average Bonchev–Trinajstić information content (AvgIpc) is 3.04. The molecule has 2 aromatic rings. The lowest BCUT2D eigenvalue weighted by molar-refractivity contribution is 0.475. The molecule has 0 amide bonds. The van der Waals surface area contributed by atoms with E-state index in [2.05, 4.69) is 11.2 Å². The number of aromatic hydroxyl groups is 1. The Balaban J connectivity index is 2.07. The Labute approximate surface area is 94.3 Å². The molecule has 1 saturated carbocycles. The maximum Gasteiger partial charge on any atom is 0.115 e. The molecule has 0 aliphatic heterocycles. The molecule has 0 atom stereocenters. The zero-order chi connectivity index (χ0) is 11.1. The Morgan fingerprint density at radius 1 is 1.25 bits per heavy atom. The van der Waals surface area contributed by atoms with Crippen molar-refractivity contribution in [2.75, 3.05) is 0 Å². The van der Waals surface area contributed by atoms with Gasteiger partial charge in [0.25, 0.3) is 0 Å². The summed E-state index contributed by atoms with van der Waals surface area (Å²) in [6.45, 7) is 2.02. The normalized spacial score (nSPS) is 15.3. The van der Waals surface area contributed by atoms with Crippen molar-refractivity contribution in [1.82, 2.24) is 9.78 Å². The maximum atomic E-state index is 9.27. The van der Waals surface area contributed by atoms with Gasteiger partial charge in [-0.1, -0.05) is 0 Å². The summed E-state index contributed by atoms with van der Waals surface area (Å²) < 4.78 is 1.99. The predicted molar refractivity (Wildman–Crippen MR) is 61.9 cm³/mol. The molecule has 0 saturated heterocycles. The molecule has 0 radical (unpaired) electrons. The Hall–Kier alpha value is -1.77. The number of phenolic OH excluding ortho intramolecular Hbond substituents is 1. The predicted octanol–water partition coefficient (Wildman–Crippen LogP) is 2.76. The molecule has 1 aliphatic rings. The number of aryl methyl sites for hydroxylation is 1. The van der Waals surface area contributed by atoms with Gasteiger partial charge in [0.05, 0.1) is 11.4 Å². The summed E-state index contributed by atoms with van der Waals surface area (Å²) in [5.41, 5.74) is 3.37. The third-order valence-corrected chi connectivity index (χ3v) is 2.95. The van der Waals surface area contributed by atoms with Crippen LogP contribution in [0.1, 0.15) is 30.1 Å². The van der Waals surface area contributed by atoms with Gasteiger partial charge >= 0.3 is 0 Å². The highest BCUT2D eigenvalue weighted by Crippen LogP contribution is 2.41. The second kappa shape index (κ2) is 3.37. The molecule has 1 N–H and O–H groups in total. The molecule has 3 nitrogen and oxygen atoms in total. The topological polar surface area (TPSA) is 38.0 Å². The number of aromatic nitrogens is 2. The highest BCUT2D eigenvalue weighted by atomic mass is 16.3. The number of nitrogens with zero attached hydrogens (tertiary/aromatic N) is 2. The van der Waals surface area contributed by atoms with E-state index in [-0.39, 0.29) is 0 Å². The average molecular weight is 214 g/mol. The first-order chi connectivity index (χ1) is 7.74. The summed E-state index contributed by atoms with van der Waals surface area (Å²) >= 11 is 0. The smallest absolute Gasteiger partial charge is 0.115 e. The molecule has 1 aromatic heterocycles. The quantitative estimate of drug-likeness (QED) is 0.834. The molecule has 82 valence electrons. The molecule has 16 heavy (non-hydrogen) atoms. The number of hydrogen-bond donors (Lipinski definition) is 1. The molecular formula is C13H14N2O. The summed E-state index contributed by atoms with van der Waals surface area (Å²) in [5.74, 6) is 0.968. The molecule has 3 heteroatoms. The van der Waals surface area contributed by atoms with Crippen LogP contribution in [-0.4, -0.2) is 14.9 Å². The van der Waals surface area contributed by atoms with Crippen LogP contribution in [0.4, 0.5) is 0 Å². The van der Waals surface area contributed by atoms with Gasteiger partial charge in [0, 0.05) is 11.6 Å². The lowest BCUT2D eigenvalue weighted by Crippen LogP contribution is -2.00. The number of phenols is 1. The Morgan fingerprint density at radius 3 is 2.56 bits per heavy atom. The van der Waals surface area contributed by atoms with Crippen LogP contribution in [0.5, 0.6) is 5.75 Å². The highest BCUT2D eigenvalue weighted by Gasteiger charge is 2.28. The molecule has 1 heterocycles. The number of benzene rings is 1. The van der Waals surface area contributed by atoms with Gasteiger partial charge in [-0.25, -0.2) is 4.68 Å². The van der Waals surface area contributed by atoms with Gasteiger partial charge in [-0.05, 0) is 50.1 Å². The summed E-state index contributed by atoms with van der Waals surface area (Å²) in [5, 5.41) is 13.8. The Morgan fingerprint density at radius 2 is 1.94 bits per heavy atom. The van der Waals surface area contributed by atoms with Crippen molar-refractivity contribution in [2.45, 2.75) is 25.7 Å². The third kappa shape index (κ3) is 1.58. The monoisotopic (exact) mass is 214 g/mol. The number of hydrogen-bond acceptors (Lipinski definition) is 2. The van der Waals surface area contributed by atoms with E-state index < -0.39 is 0 Å². The zero-order valence-corrected chi connectivity index (χ0v) is 9.22. The SMILES string of the molecule is Cc1cc(C2CC2)n(-c2ccc(O)cc2)n1. The van der Waals surface area contributed by atoms with Gasteiger partial charge in [-0.2, -0.15) is 5.10 Å². The van der Waals surface area contributed by atoms with Crippen molar-refractivity contribution < 1.29 is 5.11 Å². The van der Waals surface area contributed by atoms with Gasteiger partial charge in [0.1, 0.15) is 5.75 Å². The van der Waals surface area contributed by atoms with E-state index in [1.165, 1.54) is 18.5 Å². The largest absolute Gasteiger partial charge is 0.508 e. The summed E-state index contributed by atoms with van der Waals surface area (Å²) in [6, 6.07) is 9.35. The second-order valence-corrected chi connectivity index (χ2v) is 4.41. The van der Waals surface area contributed by atoms with Crippen LogP contribution in [0.15, 0.2) is 30.3 Å². The zero-order valence-electron chi connectivity index (χ0n) is 9.22. The van der Waals surface area contributed by atoms with Gasteiger partial charge in [-0.15, -0.1) is 0 Å². The number of rotatable bonds is 2. The van der Waals surface area contributed by atoms with Crippen LogP contribution in [-0.2, 0) is 0 Å². The van der Waals surface area contributed by atoms with Crippen molar-refractivity contribution in [1.29, 1.82) is 0 Å². The molecule has 1 fully saturated rings. The Bertz CT molecular complexity index is 509. The second-order valence-electron chi connectivity index (χ2n) is 4.41. The van der Waals surface area contributed by atoms with Crippen molar-refractivity contribution in [3.8, 4) is 11.4 Å². The fourth-order valence-electron chi connectivity index (χ4n) is 1.99. The van der Waals surface area contributed by atoms with Gasteiger partial charge in [0.2, 0.25) is 0 Å². The fraction of sp³-hybridized carbons (Fsp3) is 0.308. The van der Waals surface area contributed by atoms with Crippen molar-refractivity contribution in [3.63, 3.8) is 0 Å². The summed E-state index contributed by atoms with van der Waals surface area (Å²) in [4.78, 5) is 0. The molecule has 3 rings (SSSR count). The minimum absolute atomic E-state index is 0.292. The molecule has 0 spiro atoms. The van der Waals surface area contributed by atoms with Gasteiger partial charge in [0.15, 0.2) is 0 Å². The first-order valence-electron chi connectivity index (χ1n) is 5.60. The van der Waals surface area contributed by atoms with Crippen LogP contribution < -0.4 is 0 Å². The standard InChI is InChI=1S/C13H14N2O/c1-9-8-13(10-2-3-10)15(14-9)11-4-6-12(16)7-5-11/h4-8,10,16H,2-3H2,1H3. The Kier molecular flexibility index (Phi) is 1.99. The molecule has 0 unspecified atom stereocenters. The minimum Gasteiger partial charge on any atom is -0.508 e. The first-order valence-corrected chi connectivity index (χ1v) is 5.60. The molecule has 1 aromatic carbocycles. The van der Waals surface area contributed by atoms with E-state index in [4.69, 9.17) is 0 Å². The van der Waals surface area contributed by atoms with Crippen LogP contribution in [0.2, 0.25) is 0 Å². The first kappa shape index (κ1) is 9.46. The van der Waals surface area contributed by atoms with Crippen LogP contribution in [0, 0.1) is 6.92 Å². The molecule has 1 aliphatic carbocycles. The molecular weight excluding hydrogens is 200 g/mol. The van der Waals surface area contributed by atoms with Crippen LogP contribution in [0.25, 0.3) is 5.69 Å². The van der Waals surface area contributed by atoms with Crippen LogP contribution >= 0.6 is 0 Å². The lowest BCUT2D eigenvalue weighted by Gasteiger charge is -2.06. The lowest BCUT2D eigenvalue weighted by atomic mass is 10.2. The summed E-state index contributed by atoms with van der Waals surface area (Å²) in [7, 11) is 0. The van der Waals surface area contributed by atoms with Crippen molar-refractivity contribution in [3.05, 3.63) is 41.7 Å². The van der Waals surface area contributed by atoms with Crippen molar-refractivity contribution >= 4 is 0 Å². The third-order valence-electron chi connectivity index (χ3n) is 2.95.